The van der Waals surface area contributed by atoms with Crippen molar-refractivity contribution in [1.29, 1.82) is 0 Å². The normalized spacial score (nSPS) is 17.3. The number of aliphatic imine (C=N–C) groups is 1. The third kappa shape index (κ3) is 7.95. The first-order valence-corrected chi connectivity index (χ1v) is 10.0. The summed E-state index contributed by atoms with van der Waals surface area (Å²) in [5.41, 5.74) is 2.71. The zero-order chi connectivity index (χ0) is 18.9. The van der Waals surface area contributed by atoms with Crippen molar-refractivity contribution in [2.45, 2.75) is 39.8 Å². The van der Waals surface area contributed by atoms with Gasteiger partial charge in [-0.05, 0) is 38.4 Å². The zero-order valence-corrected chi connectivity index (χ0v) is 20.1. The summed E-state index contributed by atoms with van der Waals surface area (Å²) >= 11 is 0. The van der Waals surface area contributed by atoms with Gasteiger partial charge in [-0.15, -0.1) is 24.0 Å². The molecule has 1 saturated heterocycles. The van der Waals surface area contributed by atoms with Crippen LogP contribution in [0.15, 0.2) is 29.3 Å². The van der Waals surface area contributed by atoms with E-state index in [9.17, 15) is 0 Å². The summed E-state index contributed by atoms with van der Waals surface area (Å²) in [5, 5.41) is 3.44. The predicted octanol–water partition coefficient (Wildman–Crippen LogP) is 2.90. The summed E-state index contributed by atoms with van der Waals surface area (Å²) in [6, 6.07) is 9.39. The summed E-state index contributed by atoms with van der Waals surface area (Å²) in [4.78, 5) is 12.1. The lowest BCUT2D eigenvalue weighted by Gasteiger charge is -2.36. The molecule has 2 rings (SSSR count). The Balaban J connectivity index is 0.00000364. The number of hydrogen-bond acceptors (Lipinski definition) is 3. The monoisotopic (exact) mass is 487 g/mol. The quantitative estimate of drug-likeness (QED) is 0.365. The Morgan fingerprint density at radius 3 is 2.26 bits per heavy atom. The van der Waals surface area contributed by atoms with Crippen molar-refractivity contribution in [3.8, 4) is 0 Å². The molecule has 1 aliphatic rings. The van der Waals surface area contributed by atoms with Gasteiger partial charge in [-0.2, -0.15) is 0 Å². The van der Waals surface area contributed by atoms with Gasteiger partial charge < -0.3 is 15.1 Å². The Kier molecular flexibility index (Phi) is 11.3. The second kappa shape index (κ2) is 12.6. The van der Waals surface area contributed by atoms with Crippen LogP contribution in [0.5, 0.6) is 0 Å². The van der Waals surface area contributed by atoms with Gasteiger partial charge in [-0.3, -0.25) is 9.89 Å². The Bertz CT molecular complexity index is 552. The van der Waals surface area contributed by atoms with E-state index >= 15 is 0 Å². The molecule has 1 aromatic carbocycles. The summed E-state index contributed by atoms with van der Waals surface area (Å²) < 4.78 is 0. The highest BCUT2D eigenvalue weighted by atomic mass is 127. The number of halogens is 1. The van der Waals surface area contributed by atoms with Crippen LogP contribution in [-0.4, -0.2) is 80.1 Å². The fourth-order valence-corrected chi connectivity index (χ4v) is 3.30. The number of aryl methyl sites for hydroxylation is 1. The fraction of sp³-hybridized carbons (Fsp3) is 0.667. The molecule has 154 valence electrons. The highest BCUT2D eigenvalue weighted by molar-refractivity contribution is 14.0. The van der Waals surface area contributed by atoms with Crippen LogP contribution in [-0.2, 0) is 13.0 Å². The summed E-state index contributed by atoms with van der Waals surface area (Å²) in [5.74, 6) is 0.994. The van der Waals surface area contributed by atoms with Crippen LogP contribution in [0.25, 0.3) is 0 Å². The molecule has 0 amide bonds. The van der Waals surface area contributed by atoms with E-state index in [2.05, 4.69) is 79.1 Å². The van der Waals surface area contributed by atoms with Gasteiger partial charge in [-0.1, -0.05) is 31.2 Å². The van der Waals surface area contributed by atoms with Crippen LogP contribution in [0.3, 0.4) is 0 Å². The van der Waals surface area contributed by atoms with E-state index in [-0.39, 0.29) is 24.0 Å². The number of piperazine rings is 1. The third-order valence-electron chi connectivity index (χ3n) is 5.21. The van der Waals surface area contributed by atoms with Gasteiger partial charge in [0.15, 0.2) is 5.96 Å². The fourth-order valence-electron chi connectivity index (χ4n) is 3.30. The first-order valence-electron chi connectivity index (χ1n) is 10.0. The molecule has 6 heteroatoms. The molecule has 0 radical (unpaired) electrons. The molecule has 1 fully saturated rings. The molecule has 0 spiro atoms. The van der Waals surface area contributed by atoms with E-state index in [1.807, 2.05) is 0 Å². The number of hydrogen-bond donors (Lipinski definition) is 1. The molecular weight excluding hydrogens is 449 g/mol. The lowest BCUT2D eigenvalue weighted by molar-refractivity contribution is 0.122. The lowest BCUT2D eigenvalue weighted by Crippen LogP contribution is -2.49. The zero-order valence-electron chi connectivity index (χ0n) is 17.7. The molecule has 1 unspecified atom stereocenters. The van der Waals surface area contributed by atoms with E-state index in [0.717, 1.165) is 58.2 Å². The van der Waals surface area contributed by atoms with Crippen molar-refractivity contribution in [2.24, 2.45) is 4.99 Å². The topological polar surface area (TPSA) is 34.1 Å². The number of rotatable bonds is 7. The van der Waals surface area contributed by atoms with Crippen molar-refractivity contribution in [2.75, 3.05) is 53.4 Å². The predicted molar refractivity (Wildman–Crippen MR) is 127 cm³/mol. The van der Waals surface area contributed by atoms with Gasteiger partial charge in [0.2, 0.25) is 0 Å². The molecule has 1 atom stereocenters. The van der Waals surface area contributed by atoms with Crippen LogP contribution in [0, 0.1) is 0 Å². The van der Waals surface area contributed by atoms with Crippen molar-refractivity contribution in [1.82, 2.24) is 20.0 Å². The van der Waals surface area contributed by atoms with Crippen LogP contribution >= 0.6 is 24.0 Å². The molecule has 1 aromatic rings. The largest absolute Gasteiger partial charge is 0.357 e. The van der Waals surface area contributed by atoms with Crippen LogP contribution < -0.4 is 5.32 Å². The molecule has 0 bridgehead atoms. The smallest absolute Gasteiger partial charge is 0.194 e. The number of benzene rings is 1. The molecule has 0 aromatic heterocycles. The SMILES string of the molecule is CCNC(=NCC(C)N1CCN(C)CC1)N(C)Cc1ccc(CC)cc1.I. The Hall–Kier alpha value is -0.860. The maximum Gasteiger partial charge on any atom is 0.194 e. The third-order valence-corrected chi connectivity index (χ3v) is 5.21. The first kappa shape index (κ1) is 24.2. The van der Waals surface area contributed by atoms with Gasteiger partial charge in [-0.25, -0.2) is 0 Å². The number of likely N-dealkylation sites (N-methyl/N-ethyl adjacent to an activating group) is 1. The lowest BCUT2D eigenvalue weighted by atomic mass is 10.1. The van der Waals surface area contributed by atoms with E-state index in [0.29, 0.717) is 6.04 Å². The van der Waals surface area contributed by atoms with E-state index in [1.165, 1.54) is 11.1 Å². The summed E-state index contributed by atoms with van der Waals surface area (Å²) in [7, 11) is 4.32. The van der Waals surface area contributed by atoms with Gasteiger partial charge in [0.05, 0.1) is 6.54 Å². The Labute approximate surface area is 183 Å². The Morgan fingerprint density at radius 2 is 1.70 bits per heavy atom. The van der Waals surface area contributed by atoms with Crippen LogP contribution in [0.2, 0.25) is 0 Å². The average Bonchev–Trinajstić information content (AvgIpc) is 2.66. The molecule has 0 aliphatic carbocycles. The van der Waals surface area contributed by atoms with Crippen LogP contribution in [0.4, 0.5) is 0 Å². The molecule has 27 heavy (non-hydrogen) atoms. The van der Waals surface area contributed by atoms with E-state index in [1.54, 1.807) is 0 Å². The minimum Gasteiger partial charge on any atom is -0.357 e. The van der Waals surface area contributed by atoms with Gasteiger partial charge in [0.25, 0.3) is 0 Å². The minimum absolute atomic E-state index is 0. The molecule has 1 heterocycles. The molecule has 5 nitrogen and oxygen atoms in total. The van der Waals surface area contributed by atoms with Crippen LogP contribution in [0.1, 0.15) is 31.9 Å². The Morgan fingerprint density at radius 1 is 1.11 bits per heavy atom. The molecule has 1 N–H and O–H groups in total. The van der Waals surface area contributed by atoms with Crippen molar-refractivity contribution in [3.05, 3.63) is 35.4 Å². The highest BCUT2D eigenvalue weighted by Crippen LogP contribution is 2.09. The number of guanidine groups is 1. The van der Waals surface area contributed by atoms with Gasteiger partial charge in [0.1, 0.15) is 0 Å². The first-order chi connectivity index (χ1) is 12.5. The molecule has 1 aliphatic heterocycles. The van der Waals surface area contributed by atoms with Crippen molar-refractivity contribution >= 4 is 29.9 Å². The number of nitrogens with zero attached hydrogens (tertiary/aromatic N) is 4. The van der Waals surface area contributed by atoms with E-state index in [4.69, 9.17) is 4.99 Å². The standard InChI is InChI=1S/C21H37N5.HI/c1-6-19-8-10-20(11-9-19)17-25(5)21(22-7-2)23-16-18(3)26-14-12-24(4)13-15-26;/h8-11,18H,6-7,12-17H2,1-5H3,(H,22,23);1H. The van der Waals surface area contributed by atoms with Crippen molar-refractivity contribution < 1.29 is 0 Å². The summed E-state index contributed by atoms with van der Waals surface area (Å²) in [6.07, 6.45) is 1.09. The second-order valence-corrected chi connectivity index (χ2v) is 7.41. The van der Waals surface area contributed by atoms with E-state index < -0.39 is 0 Å². The van der Waals surface area contributed by atoms with Crippen molar-refractivity contribution in [3.63, 3.8) is 0 Å². The van der Waals surface area contributed by atoms with Gasteiger partial charge in [0, 0.05) is 52.4 Å². The second-order valence-electron chi connectivity index (χ2n) is 7.41. The number of nitrogens with one attached hydrogen (secondary N) is 1. The summed E-state index contributed by atoms with van der Waals surface area (Å²) in [6.45, 7) is 13.8. The maximum atomic E-state index is 4.91. The minimum atomic E-state index is 0. The maximum absolute atomic E-state index is 4.91. The average molecular weight is 487 g/mol. The van der Waals surface area contributed by atoms with Gasteiger partial charge >= 0.3 is 0 Å². The highest BCUT2D eigenvalue weighted by Gasteiger charge is 2.19. The molecule has 0 saturated carbocycles. The molecular formula is C21H38IN5.